The first kappa shape index (κ1) is 20.2. The van der Waals surface area contributed by atoms with Crippen molar-refractivity contribution in [2.45, 2.75) is 44.3 Å². The van der Waals surface area contributed by atoms with E-state index in [4.69, 9.17) is 4.99 Å². The van der Waals surface area contributed by atoms with Crippen molar-refractivity contribution in [1.82, 2.24) is 20.4 Å². The summed E-state index contributed by atoms with van der Waals surface area (Å²) in [5.74, 6) is 0.709. The van der Waals surface area contributed by atoms with E-state index in [1.54, 1.807) is 11.3 Å². The van der Waals surface area contributed by atoms with Crippen LogP contribution in [0.25, 0.3) is 0 Å². The van der Waals surface area contributed by atoms with Crippen molar-refractivity contribution >= 4 is 22.7 Å². The van der Waals surface area contributed by atoms with E-state index in [0.717, 1.165) is 49.6 Å². The number of aliphatic imine (C=N–C) groups is 1. The highest BCUT2D eigenvalue weighted by Crippen LogP contribution is 2.44. The van der Waals surface area contributed by atoms with Gasteiger partial charge in [-0.1, -0.05) is 30.3 Å². The highest BCUT2D eigenvalue weighted by Gasteiger charge is 2.31. The number of likely N-dealkylation sites (tertiary alicyclic amines) is 1. The van der Waals surface area contributed by atoms with Gasteiger partial charge in [0.2, 0.25) is 0 Å². The Balaban J connectivity index is 1.12. The molecule has 5 rings (SSSR count). The zero-order valence-electron chi connectivity index (χ0n) is 17.8. The van der Waals surface area contributed by atoms with Crippen LogP contribution in [0.1, 0.15) is 52.9 Å². The summed E-state index contributed by atoms with van der Waals surface area (Å²) in [6, 6.07) is 11.0. The van der Waals surface area contributed by atoms with Gasteiger partial charge >= 0.3 is 0 Å². The average molecular weight is 422 g/mol. The second-order valence-corrected chi connectivity index (χ2v) is 10.0. The fraction of sp³-hybridized carbons (Fsp3) is 0.542. The zero-order chi connectivity index (χ0) is 20.5. The summed E-state index contributed by atoms with van der Waals surface area (Å²) in [5, 5.41) is 1.02. The van der Waals surface area contributed by atoms with E-state index in [0.29, 0.717) is 5.92 Å². The van der Waals surface area contributed by atoms with Gasteiger partial charge in [-0.2, -0.15) is 0 Å². The molecule has 1 aromatic carbocycles. The highest BCUT2D eigenvalue weighted by atomic mass is 32.1. The molecule has 2 aromatic rings. The summed E-state index contributed by atoms with van der Waals surface area (Å²) in [5.41, 5.74) is 15.0. The van der Waals surface area contributed by atoms with Crippen LogP contribution in [0.2, 0.25) is 0 Å². The lowest BCUT2D eigenvalue weighted by molar-refractivity contribution is 0.198. The summed E-state index contributed by atoms with van der Waals surface area (Å²) in [4.78, 5) is 13.0. The van der Waals surface area contributed by atoms with Gasteiger partial charge in [-0.15, -0.1) is 17.1 Å². The molecule has 0 spiro atoms. The third-order valence-corrected chi connectivity index (χ3v) is 8.05. The lowest BCUT2D eigenvalue weighted by Crippen LogP contribution is -2.37. The normalized spacial score (nSPS) is 22.9. The molecular formula is C24H31N5S. The van der Waals surface area contributed by atoms with Gasteiger partial charge in [0.05, 0.1) is 6.34 Å². The maximum atomic E-state index is 11.0. The molecule has 3 aliphatic heterocycles. The van der Waals surface area contributed by atoms with Crippen molar-refractivity contribution in [2.75, 3.05) is 39.8 Å². The average Bonchev–Trinajstić information content (AvgIpc) is 3.14. The summed E-state index contributed by atoms with van der Waals surface area (Å²) in [6.45, 7) is 6.34. The van der Waals surface area contributed by atoms with Crippen molar-refractivity contribution in [3.63, 3.8) is 0 Å². The van der Waals surface area contributed by atoms with Gasteiger partial charge in [-0.3, -0.25) is 0 Å². The standard InChI is InChI=1S/C24H31N5S/c1-27-13-10-20-21(16-27)30-24-22(20)23(25)29(17-26-24)12-5-11-28-14-8-19(9-15-28)18-6-3-2-4-7-18/h2-4,6-7,17,19,23H,5,8-16H2,1H3. The second kappa shape index (κ2) is 8.79. The number of hydrogen-bond donors (Lipinski definition) is 0. The highest BCUT2D eigenvalue weighted by molar-refractivity contribution is 7.16. The van der Waals surface area contributed by atoms with E-state index >= 15 is 0 Å². The van der Waals surface area contributed by atoms with Crippen LogP contribution in [0.15, 0.2) is 35.3 Å². The number of rotatable bonds is 5. The third kappa shape index (κ3) is 4.06. The van der Waals surface area contributed by atoms with Crippen molar-refractivity contribution in [1.29, 1.82) is 0 Å². The number of benzene rings is 1. The van der Waals surface area contributed by atoms with Crippen LogP contribution in [0, 0.1) is 0 Å². The number of fused-ring (bicyclic) bond motifs is 3. The molecule has 1 saturated heterocycles. The molecule has 1 aromatic heterocycles. The molecule has 30 heavy (non-hydrogen) atoms. The smallest absolute Gasteiger partial charge is 0.144 e. The topological polar surface area (TPSA) is 44.4 Å². The van der Waals surface area contributed by atoms with E-state index < -0.39 is 6.17 Å². The second-order valence-electron chi connectivity index (χ2n) is 8.95. The largest absolute Gasteiger partial charge is 0.340 e. The third-order valence-electron chi connectivity index (χ3n) is 6.91. The van der Waals surface area contributed by atoms with Crippen molar-refractivity contribution in [2.24, 2.45) is 4.99 Å². The monoisotopic (exact) mass is 421 g/mol. The molecule has 0 amide bonds. The van der Waals surface area contributed by atoms with E-state index in [-0.39, 0.29) is 0 Å². The van der Waals surface area contributed by atoms with Crippen molar-refractivity contribution in [3.05, 3.63) is 51.9 Å². The molecule has 5 nitrogen and oxygen atoms in total. The van der Waals surface area contributed by atoms with Gasteiger partial charge in [0, 0.05) is 30.1 Å². The summed E-state index contributed by atoms with van der Waals surface area (Å²) in [7, 11) is 2.16. The maximum Gasteiger partial charge on any atom is 0.144 e. The Labute approximate surface area is 184 Å². The molecule has 0 N–H and O–H groups in total. The molecular weight excluding hydrogens is 390 g/mol. The predicted molar refractivity (Wildman–Crippen MR) is 124 cm³/mol. The van der Waals surface area contributed by atoms with E-state index in [1.807, 2.05) is 11.2 Å². The number of thiophene rings is 1. The lowest BCUT2D eigenvalue weighted by atomic mass is 9.89. The maximum absolute atomic E-state index is 11.0. The Morgan fingerprint density at radius 3 is 2.70 bits per heavy atom. The Morgan fingerprint density at radius 1 is 1.10 bits per heavy atom. The van der Waals surface area contributed by atoms with Gasteiger partial charge < -0.3 is 14.7 Å². The SMILES string of the molecule is CN1CCc2c(sc3c2C([N])N(CCCN2CCC(c4ccccc4)CC2)C=N3)C1. The van der Waals surface area contributed by atoms with Crippen LogP contribution in [0.4, 0.5) is 5.00 Å². The Kier molecular flexibility index (Phi) is 5.92. The van der Waals surface area contributed by atoms with Gasteiger partial charge in [0.15, 0.2) is 0 Å². The van der Waals surface area contributed by atoms with Crippen LogP contribution >= 0.6 is 11.3 Å². The first-order valence-corrected chi connectivity index (χ1v) is 12.1. The molecule has 1 atom stereocenters. The first-order chi connectivity index (χ1) is 14.7. The Hall–Kier alpha value is -1.73. The fourth-order valence-electron chi connectivity index (χ4n) is 5.13. The van der Waals surface area contributed by atoms with Gasteiger partial charge in [0.25, 0.3) is 0 Å². The molecule has 3 aliphatic rings. The minimum atomic E-state index is -0.537. The Bertz CT molecular complexity index is 885. The molecule has 4 heterocycles. The number of nitrogens with zero attached hydrogens (tertiary/aromatic N) is 5. The van der Waals surface area contributed by atoms with Gasteiger partial charge in [-0.05, 0) is 69.4 Å². The van der Waals surface area contributed by atoms with Crippen LogP contribution in [0.5, 0.6) is 0 Å². The number of hydrogen-bond acceptors (Lipinski definition) is 5. The zero-order valence-corrected chi connectivity index (χ0v) is 18.7. The molecule has 1 fully saturated rings. The van der Waals surface area contributed by atoms with Gasteiger partial charge in [0.1, 0.15) is 11.2 Å². The lowest BCUT2D eigenvalue weighted by Gasteiger charge is -2.34. The molecule has 158 valence electrons. The molecule has 0 saturated carbocycles. The van der Waals surface area contributed by atoms with Crippen LogP contribution < -0.4 is 5.73 Å². The van der Waals surface area contributed by atoms with E-state index in [2.05, 4.69) is 47.2 Å². The van der Waals surface area contributed by atoms with Crippen LogP contribution in [0.3, 0.4) is 0 Å². The number of piperidine rings is 1. The Morgan fingerprint density at radius 2 is 1.90 bits per heavy atom. The van der Waals surface area contributed by atoms with Crippen LogP contribution in [-0.2, 0) is 13.0 Å². The molecule has 2 radical (unpaired) electrons. The summed E-state index contributed by atoms with van der Waals surface area (Å²) in [6.07, 6.45) is 5.90. The molecule has 6 heteroatoms. The fourth-order valence-corrected chi connectivity index (χ4v) is 6.42. The molecule has 0 aliphatic carbocycles. The van der Waals surface area contributed by atoms with Crippen LogP contribution in [-0.4, -0.2) is 60.8 Å². The summed E-state index contributed by atoms with van der Waals surface area (Å²) >= 11 is 1.76. The minimum Gasteiger partial charge on any atom is -0.340 e. The van der Waals surface area contributed by atoms with Crippen molar-refractivity contribution in [3.8, 4) is 0 Å². The molecule has 0 bridgehead atoms. The number of likely N-dealkylation sites (N-methyl/N-ethyl adjacent to an activating group) is 1. The first-order valence-electron chi connectivity index (χ1n) is 11.3. The van der Waals surface area contributed by atoms with Gasteiger partial charge in [-0.25, -0.2) is 4.99 Å². The quantitative estimate of drug-likeness (QED) is 0.732. The summed E-state index contributed by atoms with van der Waals surface area (Å²) < 4.78 is 0. The minimum absolute atomic E-state index is 0.537. The van der Waals surface area contributed by atoms with E-state index in [1.165, 1.54) is 41.9 Å². The van der Waals surface area contributed by atoms with E-state index in [9.17, 15) is 5.73 Å². The molecule has 1 unspecified atom stereocenters. The van der Waals surface area contributed by atoms with Crippen molar-refractivity contribution < 1.29 is 0 Å². The predicted octanol–water partition coefficient (Wildman–Crippen LogP) is 4.05.